The van der Waals surface area contributed by atoms with Crippen LogP contribution in [0, 0.1) is 0 Å². The highest BCUT2D eigenvalue weighted by Gasteiger charge is 2.25. The van der Waals surface area contributed by atoms with Crippen molar-refractivity contribution in [2.75, 3.05) is 26.4 Å². The standard InChI is InChI=1S/C42H74NO8P/c1-3-5-7-9-11-13-15-17-19-20-21-23-24-26-28-30-32-34-41(44)48-38-40(39-50-52(46,47)49-37-36-43)51-42(45)35-33-31-29-27-25-22-18-16-14-12-10-8-6-4-2/h5,7,11,13,17,19,21,23,26,28,40H,3-4,6,8-10,12,14-16,18,20,22,24-25,27,29-39,43H2,1-2H3,(H,46,47)/b7-5+,13-11+,19-17+,23-21+,28-26+/t40-/m1/s1. The van der Waals surface area contributed by atoms with Crippen LogP contribution in [0.2, 0.25) is 0 Å². The monoisotopic (exact) mass is 752 g/mol. The summed E-state index contributed by atoms with van der Waals surface area (Å²) in [5, 5.41) is 0. The van der Waals surface area contributed by atoms with Crippen LogP contribution in [-0.2, 0) is 32.7 Å². The number of ether oxygens (including phenoxy) is 2. The second kappa shape index (κ2) is 38.4. The van der Waals surface area contributed by atoms with Gasteiger partial charge in [0, 0.05) is 19.4 Å². The zero-order valence-corrected chi connectivity index (χ0v) is 33.7. The van der Waals surface area contributed by atoms with Gasteiger partial charge in [-0.3, -0.25) is 18.6 Å². The minimum absolute atomic E-state index is 0.0444. The highest BCUT2D eigenvalue weighted by Crippen LogP contribution is 2.43. The summed E-state index contributed by atoms with van der Waals surface area (Å²) in [4.78, 5) is 34.8. The predicted molar refractivity (Wildman–Crippen MR) is 215 cm³/mol. The van der Waals surface area contributed by atoms with Crippen LogP contribution >= 0.6 is 7.82 Å². The smallest absolute Gasteiger partial charge is 0.462 e. The summed E-state index contributed by atoms with van der Waals surface area (Å²) in [5.74, 6) is -0.899. The fraction of sp³-hybridized carbons (Fsp3) is 0.714. The van der Waals surface area contributed by atoms with Crippen molar-refractivity contribution in [1.82, 2.24) is 0 Å². The first-order valence-electron chi connectivity index (χ1n) is 20.3. The Balaban J connectivity index is 4.29. The number of hydrogen-bond donors (Lipinski definition) is 2. The van der Waals surface area contributed by atoms with E-state index in [1.807, 2.05) is 6.08 Å². The lowest BCUT2D eigenvalue weighted by Crippen LogP contribution is -2.29. The molecule has 0 aliphatic carbocycles. The van der Waals surface area contributed by atoms with E-state index in [9.17, 15) is 19.0 Å². The van der Waals surface area contributed by atoms with E-state index in [-0.39, 0.29) is 32.6 Å². The van der Waals surface area contributed by atoms with Crippen LogP contribution in [-0.4, -0.2) is 49.3 Å². The molecule has 9 nitrogen and oxygen atoms in total. The molecule has 0 bridgehead atoms. The Kier molecular flexibility index (Phi) is 36.7. The molecule has 0 aromatic heterocycles. The van der Waals surface area contributed by atoms with Crippen LogP contribution in [0.25, 0.3) is 0 Å². The van der Waals surface area contributed by atoms with Crippen molar-refractivity contribution in [2.24, 2.45) is 5.73 Å². The number of carbonyl (C=O) groups excluding carboxylic acids is 2. The Hall–Kier alpha value is -2.29. The molecule has 0 aromatic rings. The van der Waals surface area contributed by atoms with Crippen molar-refractivity contribution in [2.45, 2.75) is 168 Å². The van der Waals surface area contributed by atoms with E-state index in [0.29, 0.717) is 12.8 Å². The first-order valence-corrected chi connectivity index (χ1v) is 21.8. The van der Waals surface area contributed by atoms with Crippen LogP contribution in [0.5, 0.6) is 0 Å². The maximum Gasteiger partial charge on any atom is 0.472 e. The van der Waals surface area contributed by atoms with Gasteiger partial charge >= 0.3 is 19.8 Å². The third-order valence-electron chi connectivity index (χ3n) is 8.17. The largest absolute Gasteiger partial charge is 0.472 e. The Morgan fingerprint density at radius 2 is 1.06 bits per heavy atom. The van der Waals surface area contributed by atoms with Crippen molar-refractivity contribution in [3.05, 3.63) is 60.8 Å². The molecule has 0 rings (SSSR count). The third-order valence-corrected chi connectivity index (χ3v) is 9.15. The molecule has 0 saturated heterocycles. The third kappa shape index (κ3) is 37.5. The molecule has 0 spiro atoms. The van der Waals surface area contributed by atoms with Gasteiger partial charge in [0.25, 0.3) is 0 Å². The summed E-state index contributed by atoms with van der Waals surface area (Å²) in [5.41, 5.74) is 5.33. The van der Waals surface area contributed by atoms with Gasteiger partial charge in [-0.25, -0.2) is 4.57 Å². The number of nitrogens with two attached hydrogens (primary N) is 1. The van der Waals surface area contributed by atoms with Gasteiger partial charge < -0.3 is 20.1 Å². The van der Waals surface area contributed by atoms with Crippen molar-refractivity contribution in [3.63, 3.8) is 0 Å². The predicted octanol–water partition coefficient (Wildman–Crippen LogP) is 11.3. The molecular weight excluding hydrogens is 677 g/mol. The van der Waals surface area contributed by atoms with Gasteiger partial charge in [0.2, 0.25) is 0 Å². The molecule has 3 N–H and O–H groups in total. The number of hydrogen-bond acceptors (Lipinski definition) is 8. The fourth-order valence-electron chi connectivity index (χ4n) is 5.20. The summed E-state index contributed by atoms with van der Waals surface area (Å²) >= 11 is 0. The molecule has 1 unspecified atom stereocenters. The summed E-state index contributed by atoms with van der Waals surface area (Å²) in [7, 11) is -4.39. The molecule has 2 atom stereocenters. The first kappa shape index (κ1) is 49.7. The zero-order chi connectivity index (χ0) is 38.2. The van der Waals surface area contributed by atoms with E-state index in [4.69, 9.17) is 24.3 Å². The SMILES string of the molecule is CC/C=C/C/C=C/C/C=C/C/C=C/C/C=C/CCCC(=O)OC[C@H](COP(=O)(O)OCCN)OC(=O)CCCCCCCCCCCCCCCC. The number of esters is 2. The van der Waals surface area contributed by atoms with E-state index in [1.54, 1.807) is 0 Å². The van der Waals surface area contributed by atoms with Gasteiger partial charge in [0.15, 0.2) is 6.10 Å². The molecule has 0 radical (unpaired) electrons. The van der Waals surface area contributed by atoms with E-state index in [2.05, 4.69) is 68.5 Å². The zero-order valence-electron chi connectivity index (χ0n) is 32.8. The second-order valence-electron chi connectivity index (χ2n) is 13.1. The quantitative estimate of drug-likeness (QED) is 0.0275. The van der Waals surface area contributed by atoms with Gasteiger partial charge in [-0.05, 0) is 51.4 Å². The first-order chi connectivity index (χ1) is 25.3. The van der Waals surface area contributed by atoms with Crippen LogP contribution in [0.15, 0.2) is 60.8 Å². The van der Waals surface area contributed by atoms with Crippen LogP contribution in [0.3, 0.4) is 0 Å². The van der Waals surface area contributed by atoms with Crippen molar-refractivity contribution in [3.8, 4) is 0 Å². The Morgan fingerprint density at radius 3 is 1.56 bits per heavy atom. The number of phosphoric ester groups is 1. The van der Waals surface area contributed by atoms with Gasteiger partial charge in [0.05, 0.1) is 13.2 Å². The normalized spacial score (nSPS) is 14.0. The molecule has 0 aliphatic heterocycles. The molecule has 0 amide bonds. The average Bonchev–Trinajstić information content (AvgIpc) is 3.13. The Bertz CT molecular complexity index is 1040. The van der Waals surface area contributed by atoms with Gasteiger partial charge in [-0.2, -0.15) is 0 Å². The maximum atomic E-state index is 12.5. The summed E-state index contributed by atoms with van der Waals surface area (Å²) in [6, 6.07) is 0. The molecule has 0 aliphatic rings. The number of unbranched alkanes of at least 4 members (excludes halogenated alkanes) is 14. The highest BCUT2D eigenvalue weighted by atomic mass is 31.2. The van der Waals surface area contributed by atoms with Crippen LogP contribution in [0.1, 0.15) is 162 Å². The Morgan fingerprint density at radius 1 is 0.596 bits per heavy atom. The number of carbonyl (C=O) groups is 2. The highest BCUT2D eigenvalue weighted by molar-refractivity contribution is 7.47. The van der Waals surface area contributed by atoms with Crippen LogP contribution in [0.4, 0.5) is 0 Å². The lowest BCUT2D eigenvalue weighted by atomic mass is 10.0. The number of allylic oxidation sites excluding steroid dienone is 10. The molecule has 0 heterocycles. The minimum Gasteiger partial charge on any atom is -0.462 e. The Labute approximate surface area is 317 Å². The van der Waals surface area contributed by atoms with Crippen LogP contribution < -0.4 is 5.73 Å². The van der Waals surface area contributed by atoms with E-state index in [0.717, 1.165) is 57.8 Å². The van der Waals surface area contributed by atoms with Gasteiger partial charge in [0.1, 0.15) is 6.61 Å². The van der Waals surface area contributed by atoms with Gasteiger partial charge in [-0.1, -0.05) is 158 Å². The average molecular weight is 752 g/mol. The molecule has 0 saturated carbocycles. The van der Waals surface area contributed by atoms with E-state index < -0.39 is 32.5 Å². The molecule has 10 heteroatoms. The summed E-state index contributed by atoms with van der Waals surface area (Å²) < 4.78 is 32.6. The fourth-order valence-corrected chi connectivity index (χ4v) is 5.96. The van der Waals surface area contributed by atoms with Crippen molar-refractivity contribution >= 4 is 19.8 Å². The maximum absolute atomic E-state index is 12.5. The summed E-state index contributed by atoms with van der Waals surface area (Å²) in [6.45, 7) is 3.54. The van der Waals surface area contributed by atoms with Crippen molar-refractivity contribution < 1.29 is 37.6 Å². The summed E-state index contributed by atoms with van der Waals surface area (Å²) in [6.07, 6.45) is 44.0. The molecule has 300 valence electrons. The molecule has 0 fully saturated rings. The van der Waals surface area contributed by atoms with Crippen molar-refractivity contribution in [1.29, 1.82) is 0 Å². The molecular formula is C42H74NO8P. The topological polar surface area (TPSA) is 134 Å². The second-order valence-corrected chi connectivity index (χ2v) is 14.6. The number of rotatable bonds is 37. The van der Waals surface area contributed by atoms with E-state index in [1.165, 1.54) is 64.2 Å². The lowest BCUT2D eigenvalue weighted by Gasteiger charge is -2.19. The minimum atomic E-state index is -4.39. The van der Waals surface area contributed by atoms with E-state index >= 15 is 0 Å². The molecule has 52 heavy (non-hydrogen) atoms. The number of phosphoric acid groups is 1. The molecule has 0 aromatic carbocycles. The lowest BCUT2D eigenvalue weighted by molar-refractivity contribution is -0.161. The van der Waals surface area contributed by atoms with Gasteiger partial charge in [-0.15, -0.1) is 0 Å².